The topological polar surface area (TPSA) is 97.9 Å². The first-order valence-corrected chi connectivity index (χ1v) is 7.55. The van der Waals surface area contributed by atoms with Gasteiger partial charge in [0, 0.05) is 6.07 Å². The van der Waals surface area contributed by atoms with E-state index < -0.39 is 0 Å². The fraction of sp³-hybridized carbons (Fsp3) is 0.625. The maximum atomic E-state index is 9.26. The Bertz CT molecular complexity index is 550. The van der Waals surface area contributed by atoms with Gasteiger partial charge in [0.1, 0.15) is 23.6 Å². The van der Waals surface area contributed by atoms with Crippen LogP contribution in [0.4, 0.5) is 11.5 Å². The molecule has 1 aromatic rings. The summed E-state index contributed by atoms with van der Waals surface area (Å²) in [6.07, 6.45) is 3.41. The maximum Gasteiger partial charge on any atom is 0.236 e. The molecule has 2 rings (SSSR count). The monoisotopic (exact) mass is 288 g/mol. The van der Waals surface area contributed by atoms with E-state index in [0.29, 0.717) is 23.4 Å². The fourth-order valence-electron chi connectivity index (χ4n) is 3.15. The zero-order chi connectivity index (χ0) is 15.6. The Morgan fingerprint density at radius 2 is 2.10 bits per heavy atom. The zero-order valence-electron chi connectivity index (χ0n) is 13.0. The van der Waals surface area contributed by atoms with Gasteiger partial charge >= 0.3 is 0 Å². The minimum absolute atomic E-state index is 0.0644. The minimum atomic E-state index is 0.0644. The Balaban J connectivity index is 2.29. The fourth-order valence-corrected chi connectivity index (χ4v) is 3.15. The molecule has 114 valence electrons. The summed E-state index contributed by atoms with van der Waals surface area (Å²) in [6.45, 7) is 6.66. The van der Waals surface area contributed by atoms with Crippen molar-refractivity contribution in [1.82, 2.24) is 4.98 Å². The van der Waals surface area contributed by atoms with Crippen LogP contribution in [0.5, 0.6) is 5.88 Å². The van der Waals surface area contributed by atoms with E-state index in [2.05, 4.69) is 31.8 Å². The Morgan fingerprint density at radius 1 is 1.38 bits per heavy atom. The average molecular weight is 288 g/mol. The van der Waals surface area contributed by atoms with Gasteiger partial charge < -0.3 is 16.2 Å². The molecule has 4 N–H and O–H groups in total. The van der Waals surface area contributed by atoms with Crippen LogP contribution in [-0.2, 0) is 0 Å². The molecule has 1 aliphatic rings. The minimum Gasteiger partial charge on any atom is -0.473 e. The van der Waals surface area contributed by atoms with Gasteiger partial charge in [-0.1, -0.05) is 27.2 Å². The quantitative estimate of drug-likeness (QED) is 0.891. The van der Waals surface area contributed by atoms with Crippen LogP contribution in [0.1, 0.15) is 45.6 Å². The SMILES string of the molecule is CC1CCC(C(C)C)C(Oc2nc(N)cc(N)c2C#N)C1. The van der Waals surface area contributed by atoms with Crippen molar-refractivity contribution in [3.8, 4) is 11.9 Å². The predicted octanol–water partition coefficient (Wildman–Crippen LogP) is 2.96. The summed E-state index contributed by atoms with van der Waals surface area (Å²) in [5.41, 5.74) is 12.2. The molecule has 3 unspecified atom stereocenters. The summed E-state index contributed by atoms with van der Waals surface area (Å²) in [5.74, 6) is 2.18. The van der Waals surface area contributed by atoms with Gasteiger partial charge in [-0.05, 0) is 30.6 Å². The predicted molar refractivity (Wildman–Crippen MR) is 83.5 cm³/mol. The number of pyridine rings is 1. The van der Waals surface area contributed by atoms with Crippen molar-refractivity contribution in [2.24, 2.45) is 17.8 Å². The summed E-state index contributed by atoms with van der Waals surface area (Å²) in [7, 11) is 0. The lowest BCUT2D eigenvalue weighted by atomic mass is 9.75. The van der Waals surface area contributed by atoms with Gasteiger partial charge in [-0.3, -0.25) is 0 Å². The molecule has 0 spiro atoms. The number of nitrogens with zero attached hydrogens (tertiary/aromatic N) is 2. The molecule has 1 heterocycles. The Labute approximate surface area is 126 Å². The number of nitrogen functional groups attached to an aromatic ring is 2. The van der Waals surface area contributed by atoms with Crippen LogP contribution in [0.2, 0.25) is 0 Å². The second-order valence-electron chi connectivity index (χ2n) is 6.41. The molecule has 5 heteroatoms. The molecule has 0 aliphatic heterocycles. The summed E-state index contributed by atoms with van der Waals surface area (Å²) in [4.78, 5) is 4.17. The second kappa shape index (κ2) is 6.21. The summed E-state index contributed by atoms with van der Waals surface area (Å²) >= 11 is 0. The van der Waals surface area contributed by atoms with Gasteiger partial charge in [0.25, 0.3) is 0 Å². The van der Waals surface area contributed by atoms with Crippen molar-refractivity contribution in [3.05, 3.63) is 11.6 Å². The standard InChI is InChI=1S/C16H24N4O/c1-9(2)11-5-4-10(3)6-14(11)21-16-12(8-17)13(18)7-15(19)20-16/h7,9-11,14H,4-6H2,1-3H3,(H4,18,19,20). The van der Waals surface area contributed by atoms with E-state index in [1.807, 2.05) is 0 Å². The number of ether oxygens (including phenoxy) is 1. The first-order chi connectivity index (χ1) is 9.92. The number of hydrogen-bond acceptors (Lipinski definition) is 5. The normalized spacial score (nSPS) is 25.6. The number of hydrogen-bond donors (Lipinski definition) is 2. The van der Waals surface area contributed by atoms with Crippen molar-refractivity contribution < 1.29 is 4.74 Å². The van der Waals surface area contributed by atoms with E-state index in [4.69, 9.17) is 16.2 Å². The molecule has 1 fully saturated rings. The summed E-state index contributed by atoms with van der Waals surface area (Å²) in [5, 5.41) is 9.26. The van der Waals surface area contributed by atoms with Gasteiger partial charge in [-0.15, -0.1) is 0 Å². The lowest BCUT2D eigenvalue weighted by molar-refractivity contribution is 0.0426. The van der Waals surface area contributed by atoms with Crippen molar-refractivity contribution in [1.29, 1.82) is 5.26 Å². The van der Waals surface area contributed by atoms with Crippen LogP contribution < -0.4 is 16.2 Å². The van der Waals surface area contributed by atoms with E-state index in [1.54, 1.807) is 0 Å². The number of anilines is 2. The molecule has 5 nitrogen and oxygen atoms in total. The van der Waals surface area contributed by atoms with E-state index in [1.165, 1.54) is 12.5 Å². The van der Waals surface area contributed by atoms with Crippen molar-refractivity contribution >= 4 is 11.5 Å². The highest BCUT2D eigenvalue weighted by molar-refractivity contribution is 5.63. The van der Waals surface area contributed by atoms with E-state index >= 15 is 0 Å². The third-order valence-electron chi connectivity index (χ3n) is 4.37. The Hall–Kier alpha value is -1.96. The van der Waals surface area contributed by atoms with Gasteiger partial charge in [0.2, 0.25) is 5.88 Å². The molecule has 0 radical (unpaired) electrons. The van der Waals surface area contributed by atoms with Crippen LogP contribution in [0.15, 0.2) is 6.07 Å². The van der Waals surface area contributed by atoms with E-state index in [-0.39, 0.29) is 23.4 Å². The van der Waals surface area contributed by atoms with Gasteiger partial charge in [0.05, 0.1) is 5.69 Å². The molecule has 3 atom stereocenters. The molecule has 0 amide bonds. The molecular weight excluding hydrogens is 264 g/mol. The average Bonchev–Trinajstić information content (AvgIpc) is 2.37. The van der Waals surface area contributed by atoms with Gasteiger partial charge in [-0.25, -0.2) is 0 Å². The van der Waals surface area contributed by atoms with Crippen molar-refractivity contribution in [2.45, 2.75) is 46.1 Å². The largest absolute Gasteiger partial charge is 0.473 e. The number of nitriles is 1. The number of nitrogens with two attached hydrogens (primary N) is 2. The van der Waals surface area contributed by atoms with Crippen LogP contribution >= 0.6 is 0 Å². The van der Waals surface area contributed by atoms with Crippen molar-refractivity contribution in [2.75, 3.05) is 11.5 Å². The molecular formula is C16H24N4O. The highest BCUT2D eigenvalue weighted by Crippen LogP contribution is 2.37. The van der Waals surface area contributed by atoms with Gasteiger partial charge in [-0.2, -0.15) is 10.2 Å². The molecule has 0 aromatic carbocycles. The third-order valence-corrected chi connectivity index (χ3v) is 4.37. The lowest BCUT2D eigenvalue weighted by Gasteiger charge is -2.37. The highest BCUT2D eigenvalue weighted by Gasteiger charge is 2.33. The Kier molecular flexibility index (Phi) is 4.56. The van der Waals surface area contributed by atoms with Crippen molar-refractivity contribution in [3.63, 3.8) is 0 Å². The number of rotatable bonds is 3. The Morgan fingerprint density at radius 3 is 2.71 bits per heavy atom. The van der Waals surface area contributed by atoms with E-state index in [9.17, 15) is 5.26 Å². The molecule has 0 saturated heterocycles. The second-order valence-corrected chi connectivity index (χ2v) is 6.41. The van der Waals surface area contributed by atoms with Crippen LogP contribution in [0.25, 0.3) is 0 Å². The maximum absolute atomic E-state index is 9.26. The molecule has 0 bridgehead atoms. The first kappa shape index (κ1) is 15.4. The molecule has 1 aromatic heterocycles. The molecule has 1 saturated carbocycles. The highest BCUT2D eigenvalue weighted by atomic mass is 16.5. The lowest BCUT2D eigenvalue weighted by Crippen LogP contribution is -2.36. The smallest absolute Gasteiger partial charge is 0.236 e. The molecule has 21 heavy (non-hydrogen) atoms. The first-order valence-electron chi connectivity index (χ1n) is 7.55. The zero-order valence-corrected chi connectivity index (χ0v) is 13.0. The number of aromatic nitrogens is 1. The third kappa shape index (κ3) is 3.38. The summed E-state index contributed by atoms with van der Waals surface area (Å²) < 4.78 is 6.09. The van der Waals surface area contributed by atoms with Crippen LogP contribution in [0.3, 0.4) is 0 Å². The van der Waals surface area contributed by atoms with E-state index in [0.717, 1.165) is 12.8 Å². The van der Waals surface area contributed by atoms with Crippen LogP contribution in [-0.4, -0.2) is 11.1 Å². The van der Waals surface area contributed by atoms with Gasteiger partial charge in [0.15, 0.2) is 0 Å². The summed E-state index contributed by atoms with van der Waals surface area (Å²) in [6, 6.07) is 3.56. The van der Waals surface area contributed by atoms with Crippen LogP contribution in [0, 0.1) is 29.1 Å². The molecule has 1 aliphatic carbocycles.